The van der Waals surface area contributed by atoms with E-state index in [0.717, 1.165) is 70.2 Å². The second-order valence-corrected chi connectivity index (χ2v) is 8.17. The van der Waals surface area contributed by atoms with Gasteiger partial charge in [0.05, 0.1) is 25.4 Å². The molecule has 30 heavy (non-hydrogen) atoms. The van der Waals surface area contributed by atoms with Crippen LogP contribution < -0.4 is 10.1 Å². The van der Waals surface area contributed by atoms with E-state index < -0.39 is 0 Å². The molecule has 170 valence electrons. The molecular weight excluding hydrogens is 517 g/mol. The summed E-state index contributed by atoms with van der Waals surface area (Å²) < 4.78 is 17.7. The summed E-state index contributed by atoms with van der Waals surface area (Å²) in [6.45, 7) is 9.07. The van der Waals surface area contributed by atoms with Crippen LogP contribution >= 0.6 is 35.6 Å². The van der Waals surface area contributed by atoms with E-state index in [-0.39, 0.29) is 30.1 Å². The van der Waals surface area contributed by atoms with E-state index in [1.54, 1.807) is 0 Å². The van der Waals surface area contributed by atoms with Crippen LogP contribution in [0.3, 0.4) is 0 Å². The van der Waals surface area contributed by atoms with Crippen molar-refractivity contribution in [3.05, 3.63) is 29.3 Å². The summed E-state index contributed by atoms with van der Waals surface area (Å²) in [5.74, 6) is 1.72. The Morgan fingerprint density at radius 2 is 2.13 bits per heavy atom. The summed E-state index contributed by atoms with van der Waals surface area (Å²) in [6, 6.07) is 7.48. The number of guanidine groups is 1. The van der Waals surface area contributed by atoms with Gasteiger partial charge < -0.3 is 24.4 Å². The molecule has 2 aliphatic heterocycles. The first-order chi connectivity index (χ1) is 14.1. The van der Waals surface area contributed by atoms with Gasteiger partial charge in [-0.3, -0.25) is 0 Å². The molecule has 0 amide bonds. The first-order valence-electron chi connectivity index (χ1n) is 10.8. The van der Waals surface area contributed by atoms with Crippen LogP contribution in [0.5, 0.6) is 5.75 Å². The van der Waals surface area contributed by atoms with Gasteiger partial charge in [-0.05, 0) is 57.7 Å². The van der Waals surface area contributed by atoms with E-state index >= 15 is 0 Å². The van der Waals surface area contributed by atoms with Crippen molar-refractivity contribution in [2.75, 3.05) is 39.4 Å². The molecule has 0 aliphatic carbocycles. The Kier molecular flexibility index (Phi) is 11.6. The van der Waals surface area contributed by atoms with Crippen molar-refractivity contribution in [2.24, 2.45) is 4.99 Å². The van der Waals surface area contributed by atoms with Crippen molar-refractivity contribution in [2.45, 2.75) is 57.8 Å². The Balaban J connectivity index is 0.00000320. The van der Waals surface area contributed by atoms with Gasteiger partial charge in [-0.1, -0.05) is 17.7 Å². The first-order valence-corrected chi connectivity index (χ1v) is 11.2. The highest BCUT2D eigenvalue weighted by Gasteiger charge is 2.24. The smallest absolute Gasteiger partial charge is 0.194 e. The molecule has 2 aliphatic rings. The van der Waals surface area contributed by atoms with Gasteiger partial charge in [0.1, 0.15) is 11.9 Å². The van der Waals surface area contributed by atoms with Crippen molar-refractivity contribution in [3.63, 3.8) is 0 Å². The molecule has 2 heterocycles. The first kappa shape index (κ1) is 25.5. The molecule has 0 spiro atoms. The number of hydrogen-bond donors (Lipinski definition) is 1. The third-order valence-electron chi connectivity index (χ3n) is 5.25. The average Bonchev–Trinajstić information content (AvgIpc) is 3.24. The predicted octanol–water partition coefficient (Wildman–Crippen LogP) is 4.35. The molecule has 2 fully saturated rings. The maximum atomic E-state index is 6.09. The minimum atomic E-state index is -0.0330. The molecule has 0 bridgehead atoms. The highest BCUT2D eigenvalue weighted by atomic mass is 127. The van der Waals surface area contributed by atoms with Crippen molar-refractivity contribution < 1.29 is 14.2 Å². The molecular formula is C22H35ClIN3O3. The second-order valence-electron chi connectivity index (χ2n) is 7.74. The fourth-order valence-corrected chi connectivity index (χ4v) is 3.88. The van der Waals surface area contributed by atoms with Gasteiger partial charge in [0.25, 0.3) is 0 Å². The number of likely N-dealkylation sites (tertiary alicyclic amines) is 1. The summed E-state index contributed by atoms with van der Waals surface area (Å²) in [7, 11) is 0. The van der Waals surface area contributed by atoms with E-state index in [4.69, 9.17) is 30.8 Å². The lowest BCUT2D eigenvalue weighted by atomic mass is 10.1. The van der Waals surface area contributed by atoms with Crippen molar-refractivity contribution in [1.82, 2.24) is 10.2 Å². The monoisotopic (exact) mass is 551 g/mol. The normalized spacial score (nSPS) is 21.2. The number of aliphatic imine (C=N–C) groups is 1. The van der Waals surface area contributed by atoms with Crippen LogP contribution in [0.15, 0.2) is 29.3 Å². The van der Waals surface area contributed by atoms with Gasteiger partial charge >= 0.3 is 0 Å². The van der Waals surface area contributed by atoms with Gasteiger partial charge in [-0.25, -0.2) is 4.99 Å². The molecule has 1 aromatic rings. The summed E-state index contributed by atoms with van der Waals surface area (Å²) in [5, 5.41) is 4.09. The van der Waals surface area contributed by atoms with Gasteiger partial charge in [0.2, 0.25) is 0 Å². The number of nitrogens with zero attached hydrogens (tertiary/aromatic N) is 2. The van der Waals surface area contributed by atoms with Crippen LogP contribution in [0.4, 0.5) is 0 Å². The second kappa shape index (κ2) is 13.6. The minimum absolute atomic E-state index is 0. The van der Waals surface area contributed by atoms with Crippen molar-refractivity contribution >= 4 is 41.5 Å². The van der Waals surface area contributed by atoms with E-state index in [2.05, 4.69) is 17.1 Å². The Morgan fingerprint density at radius 3 is 2.80 bits per heavy atom. The molecule has 2 unspecified atom stereocenters. The van der Waals surface area contributed by atoms with Crippen LogP contribution in [0, 0.1) is 0 Å². The molecule has 8 heteroatoms. The largest absolute Gasteiger partial charge is 0.489 e. The van der Waals surface area contributed by atoms with E-state index in [0.29, 0.717) is 23.8 Å². The third-order valence-corrected chi connectivity index (χ3v) is 5.48. The fraction of sp³-hybridized carbons (Fsp3) is 0.682. The number of ether oxygens (including phenoxy) is 3. The van der Waals surface area contributed by atoms with E-state index in [9.17, 15) is 0 Å². The quantitative estimate of drug-likeness (QED) is 0.296. The lowest BCUT2D eigenvalue weighted by Crippen LogP contribution is -2.47. The van der Waals surface area contributed by atoms with Gasteiger partial charge in [0, 0.05) is 31.3 Å². The zero-order chi connectivity index (χ0) is 20.5. The van der Waals surface area contributed by atoms with Crippen LogP contribution in [-0.2, 0) is 9.47 Å². The molecule has 3 rings (SSSR count). The van der Waals surface area contributed by atoms with E-state index in [1.807, 2.05) is 31.2 Å². The Bertz CT molecular complexity index is 650. The fourth-order valence-electron chi connectivity index (χ4n) is 3.70. The summed E-state index contributed by atoms with van der Waals surface area (Å²) in [5.41, 5.74) is 0. The highest BCUT2D eigenvalue weighted by Crippen LogP contribution is 2.19. The van der Waals surface area contributed by atoms with Gasteiger partial charge in [-0.2, -0.15) is 0 Å². The Morgan fingerprint density at radius 1 is 1.33 bits per heavy atom. The molecule has 0 radical (unpaired) electrons. The third kappa shape index (κ3) is 8.40. The number of nitrogens with one attached hydrogen (secondary N) is 1. The molecule has 6 nitrogen and oxygen atoms in total. The van der Waals surface area contributed by atoms with Crippen LogP contribution in [0.2, 0.25) is 5.02 Å². The lowest BCUT2D eigenvalue weighted by Gasteiger charge is -2.34. The number of rotatable bonds is 8. The molecule has 0 aromatic heterocycles. The molecule has 1 N–H and O–H groups in total. The molecule has 2 atom stereocenters. The van der Waals surface area contributed by atoms with Gasteiger partial charge in [-0.15, -0.1) is 24.0 Å². The van der Waals surface area contributed by atoms with Crippen LogP contribution in [-0.4, -0.2) is 68.6 Å². The topological polar surface area (TPSA) is 55.3 Å². The number of hydrogen-bond acceptors (Lipinski definition) is 4. The van der Waals surface area contributed by atoms with Gasteiger partial charge in [0.15, 0.2) is 5.96 Å². The van der Waals surface area contributed by atoms with Crippen molar-refractivity contribution in [3.8, 4) is 5.75 Å². The molecule has 2 saturated heterocycles. The average molecular weight is 552 g/mol. The zero-order valence-corrected chi connectivity index (χ0v) is 21.1. The zero-order valence-electron chi connectivity index (χ0n) is 18.0. The summed E-state index contributed by atoms with van der Waals surface area (Å²) >= 11 is 6.03. The highest BCUT2D eigenvalue weighted by molar-refractivity contribution is 14.0. The van der Waals surface area contributed by atoms with Crippen molar-refractivity contribution in [1.29, 1.82) is 0 Å². The molecule has 0 saturated carbocycles. The Hall–Kier alpha value is -0.770. The summed E-state index contributed by atoms with van der Waals surface area (Å²) in [4.78, 5) is 7.12. The minimum Gasteiger partial charge on any atom is -0.489 e. The predicted molar refractivity (Wildman–Crippen MR) is 132 cm³/mol. The Labute approximate surface area is 202 Å². The van der Waals surface area contributed by atoms with Crippen LogP contribution in [0.1, 0.15) is 39.5 Å². The number of piperidine rings is 1. The maximum absolute atomic E-state index is 6.09. The lowest BCUT2D eigenvalue weighted by molar-refractivity contribution is -0.0367. The SMILES string of the molecule is CCNC(=NCC(C)Oc1cccc(Cl)c1)N1CCC(OCC2CCCO2)CC1.I. The summed E-state index contributed by atoms with van der Waals surface area (Å²) in [6.07, 6.45) is 4.92. The van der Waals surface area contributed by atoms with Crippen LogP contribution in [0.25, 0.3) is 0 Å². The number of benzene rings is 1. The maximum Gasteiger partial charge on any atom is 0.194 e. The standard InChI is InChI=1S/C22H34ClN3O3.HI/c1-3-24-22(25-15-17(2)29-20-7-4-6-18(23)14-20)26-11-9-19(10-12-26)28-16-21-8-5-13-27-21;/h4,6-7,14,17,19,21H,3,5,8-13,15-16H2,1-2H3,(H,24,25);1H. The van der Waals surface area contributed by atoms with E-state index in [1.165, 1.54) is 0 Å². The number of halogens is 2. The molecule has 1 aromatic carbocycles.